The highest BCUT2D eigenvalue weighted by Crippen LogP contribution is 2.26. The number of nitrogens with zero attached hydrogens (tertiary/aromatic N) is 3. The van der Waals surface area contributed by atoms with Crippen LogP contribution in [0, 0.1) is 0 Å². The van der Waals surface area contributed by atoms with E-state index in [4.69, 9.17) is 16.3 Å². The van der Waals surface area contributed by atoms with E-state index in [1.54, 1.807) is 20.4 Å². The summed E-state index contributed by atoms with van der Waals surface area (Å²) in [4.78, 5) is 10.7. The number of hydrogen-bond donors (Lipinski definition) is 1. The molecule has 1 aliphatic rings. The van der Waals surface area contributed by atoms with Gasteiger partial charge in [0.15, 0.2) is 5.82 Å². The van der Waals surface area contributed by atoms with E-state index in [-0.39, 0.29) is 0 Å². The monoisotopic (exact) mass is 256 g/mol. The van der Waals surface area contributed by atoms with Crippen LogP contribution >= 0.6 is 11.6 Å². The maximum atomic E-state index is 6.13. The molecular weight excluding hydrogens is 240 g/mol. The Morgan fingerprint density at radius 2 is 2.18 bits per heavy atom. The number of aromatic nitrogens is 2. The van der Waals surface area contributed by atoms with Crippen molar-refractivity contribution in [2.24, 2.45) is 0 Å². The molecule has 0 aromatic carbocycles. The fourth-order valence-electron chi connectivity index (χ4n) is 2.00. The SMILES string of the molecule is CNc1ncc(Cl)c(N2CCC(OC)CC2)n1. The summed E-state index contributed by atoms with van der Waals surface area (Å²) >= 11 is 6.13. The Kier molecular flexibility index (Phi) is 4.02. The number of hydrogen-bond acceptors (Lipinski definition) is 5. The summed E-state index contributed by atoms with van der Waals surface area (Å²) in [7, 11) is 3.56. The molecule has 5 nitrogen and oxygen atoms in total. The van der Waals surface area contributed by atoms with Crippen LogP contribution in [0.1, 0.15) is 12.8 Å². The van der Waals surface area contributed by atoms with Crippen molar-refractivity contribution in [1.82, 2.24) is 9.97 Å². The van der Waals surface area contributed by atoms with Crippen LogP contribution in [0.3, 0.4) is 0 Å². The standard InChI is InChI=1S/C11H17ClN4O/c1-13-11-14-7-9(12)10(15-11)16-5-3-8(17-2)4-6-16/h7-8H,3-6H2,1-2H3,(H,13,14,15). The fraction of sp³-hybridized carbons (Fsp3) is 0.636. The van der Waals surface area contributed by atoms with Crippen LogP contribution in [-0.2, 0) is 4.74 Å². The summed E-state index contributed by atoms with van der Waals surface area (Å²) < 4.78 is 5.35. The molecule has 0 saturated carbocycles. The van der Waals surface area contributed by atoms with Gasteiger partial charge in [0.1, 0.15) is 5.02 Å². The lowest BCUT2D eigenvalue weighted by Gasteiger charge is -2.32. The largest absolute Gasteiger partial charge is 0.381 e. The first-order chi connectivity index (χ1) is 8.24. The molecule has 1 saturated heterocycles. The Bertz CT molecular complexity index is 380. The third-order valence-electron chi connectivity index (χ3n) is 3.02. The Morgan fingerprint density at radius 1 is 1.47 bits per heavy atom. The minimum atomic E-state index is 0.357. The van der Waals surface area contributed by atoms with Crippen molar-refractivity contribution in [3.8, 4) is 0 Å². The fourth-order valence-corrected chi connectivity index (χ4v) is 2.21. The van der Waals surface area contributed by atoms with Crippen LogP contribution in [-0.4, -0.2) is 43.3 Å². The highest BCUT2D eigenvalue weighted by Gasteiger charge is 2.21. The number of anilines is 2. The van der Waals surface area contributed by atoms with Gasteiger partial charge in [-0.2, -0.15) is 4.98 Å². The second kappa shape index (κ2) is 5.51. The van der Waals surface area contributed by atoms with E-state index in [9.17, 15) is 0 Å². The van der Waals surface area contributed by atoms with Crippen LogP contribution in [0.25, 0.3) is 0 Å². The smallest absolute Gasteiger partial charge is 0.224 e. The third-order valence-corrected chi connectivity index (χ3v) is 3.29. The van der Waals surface area contributed by atoms with Gasteiger partial charge in [0, 0.05) is 27.2 Å². The van der Waals surface area contributed by atoms with Gasteiger partial charge in [-0.15, -0.1) is 0 Å². The Morgan fingerprint density at radius 3 is 2.76 bits per heavy atom. The first-order valence-corrected chi connectivity index (χ1v) is 6.10. The molecule has 1 aromatic heterocycles. The zero-order valence-corrected chi connectivity index (χ0v) is 10.9. The van der Waals surface area contributed by atoms with Crippen molar-refractivity contribution in [2.45, 2.75) is 18.9 Å². The molecule has 2 rings (SSSR count). The topological polar surface area (TPSA) is 50.3 Å². The quantitative estimate of drug-likeness (QED) is 0.894. The minimum Gasteiger partial charge on any atom is -0.381 e. The van der Waals surface area contributed by atoms with Crippen LogP contribution in [0.4, 0.5) is 11.8 Å². The molecule has 17 heavy (non-hydrogen) atoms. The lowest BCUT2D eigenvalue weighted by Crippen LogP contribution is -2.37. The second-order valence-corrected chi connectivity index (χ2v) is 4.44. The molecule has 0 aliphatic carbocycles. The minimum absolute atomic E-state index is 0.357. The zero-order chi connectivity index (χ0) is 12.3. The van der Waals surface area contributed by atoms with Crippen molar-refractivity contribution in [2.75, 3.05) is 37.5 Å². The number of methoxy groups -OCH3 is 1. The Hall–Kier alpha value is -1.07. The molecule has 1 aromatic rings. The molecule has 0 amide bonds. The van der Waals surface area contributed by atoms with Crippen molar-refractivity contribution < 1.29 is 4.74 Å². The molecule has 1 N–H and O–H groups in total. The van der Waals surface area contributed by atoms with Gasteiger partial charge in [0.25, 0.3) is 0 Å². The van der Waals surface area contributed by atoms with E-state index in [2.05, 4.69) is 20.2 Å². The summed E-state index contributed by atoms with van der Waals surface area (Å²) in [6, 6.07) is 0. The van der Waals surface area contributed by atoms with Gasteiger partial charge in [-0.05, 0) is 12.8 Å². The van der Waals surface area contributed by atoms with Crippen molar-refractivity contribution in [1.29, 1.82) is 0 Å². The number of piperidine rings is 1. The molecule has 94 valence electrons. The average Bonchev–Trinajstić information content (AvgIpc) is 2.39. The molecule has 0 spiro atoms. The van der Waals surface area contributed by atoms with E-state index in [0.29, 0.717) is 17.1 Å². The average molecular weight is 257 g/mol. The number of rotatable bonds is 3. The number of ether oxygens (including phenoxy) is 1. The molecule has 1 fully saturated rings. The molecule has 2 heterocycles. The van der Waals surface area contributed by atoms with E-state index in [1.807, 2.05) is 0 Å². The van der Waals surface area contributed by atoms with Gasteiger partial charge in [-0.25, -0.2) is 4.98 Å². The summed E-state index contributed by atoms with van der Waals surface area (Å²) in [5.41, 5.74) is 0. The summed E-state index contributed by atoms with van der Waals surface area (Å²) in [5.74, 6) is 1.40. The molecule has 0 radical (unpaired) electrons. The van der Waals surface area contributed by atoms with Crippen molar-refractivity contribution in [3.63, 3.8) is 0 Å². The lowest BCUT2D eigenvalue weighted by atomic mass is 10.1. The third kappa shape index (κ3) is 2.79. The summed E-state index contributed by atoms with van der Waals surface area (Å²) in [6.45, 7) is 1.83. The van der Waals surface area contributed by atoms with Gasteiger partial charge in [-0.1, -0.05) is 11.6 Å². The highest BCUT2D eigenvalue weighted by atomic mass is 35.5. The van der Waals surface area contributed by atoms with Gasteiger partial charge in [0.05, 0.1) is 12.3 Å². The first-order valence-electron chi connectivity index (χ1n) is 5.72. The van der Waals surface area contributed by atoms with Crippen LogP contribution in [0.5, 0.6) is 0 Å². The van der Waals surface area contributed by atoms with E-state index < -0.39 is 0 Å². The zero-order valence-electron chi connectivity index (χ0n) is 10.1. The van der Waals surface area contributed by atoms with Crippen LogP contribution in [0.15, 0.2) is 6.20 Å². The van der Waals surface area contributed by atoms with Crippen molar-refractivity contribution >= 4 is 23.4 Å². The molecule has 0 unspecified atom stereocenters. The number of nitrogens with one attached hydrogen (secondary N) is 1. The Balaban J connectivity index is 2.12. The van der Waals surface area contributed by atoms with E-state index >= 15 is 0 Å². The summed E-state index contributed by atoms with van der Waals surface area (Å²) in [5, 5.41) is 3.52. The molecule has 1 aliphatic heterocycles. The van der Waals surface area contributed by atoms with Crippen molar-refractivity contribution in [3.05, 3.63) is 11.2 Å². The highest BCUT2D eigenvalue weighted by molar-refractivity contribution is 6.32. The maximum absolute atomic E-state index is 6.13. The molecule has 0 atom stereocenters. The number of halogens is 1. The predicted molar refractivity (Wildman–Crippen MR) is 68.8 cm³/mol. The Labute approximate surface area is 106 Å². The normalized spacial score (nSPS) is 17.2. The van der Waals surface area contributed by atoms with Gasteiger partial charge >= 0.3 is 0 Å². The van der Waals surface area contributed by atoms with Gasteiger partial charge in [0.2, 0.25) is 5.95 Å². The first kappa shape index (κ1) is 12.4. The lowest BCUT2D eigenvalue weighted by molar-refractivity contribution is 0.0818. The molecular formula is C11H17ClN4O. The van der Waals surface area contributed by atoms with E-state index in [1.165, 1.54) is 0 Å². The predicted octanol–water partition coefficient (Wildman–Crippen LogP) is 1.79. The van der Waals surface area contributed by atoms with Gasteiger partial charge < -0.3 is 15.0 Å². The molecule has 0 bridgehead atoms. The maximum Gasteiger partial charge on any atom is 0.224 e. The van der Waals surface area contributed by atoms with E-state index in [0.717, 1.165) is 31.7 Å². The summed E-state index contributed by atoms with van der Waals surface area (Å²) in [6.07, 6.45) is 4.01. The second-order valence-electron chi connectivity index (χ2n) is 4.04. The van der Waals surface area contributed by atoms with Gasteiger partial charge in [-0.3, -0.25) is 0 Å². The van der Waals surface area contributed by atoms with Crippen LogP contribution < -0.4 is 10.2 Å². The van der Waals surface area contributed by atoms with Crippen LogP contribution in [0.2, 0.25) is 5.02 Å². The molecule has 6 heteroatoms.